The van der Waals surface area contributed by atoms with Gasteiger partial charge in [-0.2, -0.15) is 23.3 Å². The average Bonchev–Trinajstić information content (AvgIpc) is 3.35. The van der Waals surface area contributed by atoms with Crippen LogP contribution in [0.2, 0.25) is 0 Å². The molecule has 2 saturated heterocycles. The summed E-state index contributed by atoms with van der Waals surface area (Å²) in [6.07, 6.45) is 1.15. The zero-order valence-corrected chi connectivity index (χ0v) is 18.8. The predicted octanol–water partition coefficient (Wildman–Crippen LogP) is 3.25. The Balaban J connectivity index is 1.39. The van der Waals surface area contributed by atoms with Crippen LogP contribution in [0.4, 0.5) is 30.5 Å². The van der Waals surface area contributed by atoms with E-state index in [0.717, 1.165) is 37.7 Å². The van der Waals surface area contributed by atoms with Crippen molar-refractivity contribution in [2.75, 3.05) is 43.1 Å². The normalized spacial score (nSPS) is 17.6. The van der Waals surface area contributed by atoms with Gasteiger partial charge in [0.25, 0.3) is 5.91 Å². The first kappa shape index (κ1) is 23.2. The number of morpholine rings is 1. The lowest BCUT2D eigenvalue weighted by molar-refractivity contribution is -0.138. The Kier molecular flexibility index (Phi) is 6.39. The molecule has 4 heterocycles. The van der Waals surface area contributed by atoms with Crippen LogP contribution in [0, 0.1) is 0 Å². The number of hydrogen-bond donors (Lipinski definition) is 2. The molecular weight excluding hydrogens is 463 g/mol. The van der Waals surface area contributed by atoms with E-state index in [2.05, 4.69) is 25.7 Å². The number of ether oxygens (including phenoxy) is 1. The summed E-state index contributed by atoms with van der Waals surface area (Å²) in [5.41, 5.74) is 1.20. The maximum atomic E-state index is 13.7. The van der Waals surface area contributed by atoms with E-state index in [9.17, 15) is 18.0 Å². The number of amides is 1. The van der Waals surface area contributed by atoms with Crippen molar-refractivity contribution in [2.45, 2.75) is 24.9 Å². The number of nitrogens with one attached hydrogen (secondary N) is 2. The third kappa shape index (κ3) is 5.13. The van der Waals surface area contributed by atoms with Crippen LogP contribution in [0.1, 0.15) is 29.9 Å². The molecule has 3 aromatic rings. The minimum Gasteiger partial charge on any atom is -0.370 e. The molecule has 0 atom stereocenters. The van der Waals surface area contributed by atoms with E-state index >= 15 is 0 Å². The van der Waals surface area contributed by atoms with Crippen LogP contribution in [0.25, 0.3) is 5.82 Å². The smallest absolute Gasteiger partial charge is 0.370 e. The molecule has 35 heavy (non-hydrogen) atoms. The molecule has 2 aromatic heterocycles. The van der Waals surface area contributed by atoms with Gasteiger partial charge in [-0.15, -0.1) is 0 Å². The number of alkyl halides is 3. The molecule has 12 heteroatoms. The van der Waals surface area contributed by atoms with Crippen molar-refractivity contribution < 1.29 is 22.7 Å². The van der Waals surface area contributed by atoms with Crippen molar-refractivity contribution in [3.05, 3.63) is 54.0 Å². The van der Waals surface area contributed by atoms with Crippen LogP contribution in [0.5, 0.6) is 0 Å². The molecular formula is C23H24F3N7O2. The third-order valence-corrected chi connectivity index (χ3v) is 6.13. The monoisotopic (exact) mass is 487 g/mol. The number of aromatic nitrogens is 4. The molecule has 1 amide bonds. The summed E-state index contributed by atoms with van der Waals surface area (Å²) in [6, 6.07) is 6.91. The number of benzene rings is 1. The second-order valence-corrected chi connectivity index (χ2v) is 8.44. The largest absolute Gasteiger partial charge is 0.421 e. The molecule has 2 N–H and O–H groups in total. The SMILES string of the molecule is O=C1COCCN1c1ccc(Nc2ncc(C(F)(F)F)c(-n3cc(C4CCNCC4)cn3)n2)cc1. The van der Waals surface area contributed by atoms with Gasteiger partial charge in [-0.3, -0.25) is 4.79 Å². The van der Waals surface area contributed by atoms with Gasteiger partial charge in [0.1, 0.15) is 12.2 Å². The molecule has 2 aliphatic heterocycles. The van der Waals surface area contributed by atoms with Gasteiger partial charge >= 0.3 is 6.18 Å². The molecule has 0 unspecified atom stereocenters. The van der Waals surface area contributed by atoms with Gasteiger partial charge < -0.3 is 20.3 Å². The molecule has 9 nitrogen and oxygen atoms in total. The van der Waals surface area contributed by atoms with Crippen LogP contribution < -0.4 is 15.5 Å². The zero-order valence-electron chi connectivity index (χ0n) is 18.8. The molecule has 0 bridgehead atoms. The Morgan fingerprint density at radius 3 is 2.60 bits per heavy atom. The van der Waals surface area contributed by atoms with Gasteiger partial charge in [-0.1, -0.05) is 0 Å². The highest BCUT2D eigenvalue weighted by molar-refractivity contribution is 5.95. The topological polar surface area (TPSA) is 97.2 Å². The van der Waals surface area contributed by atoms with Crippen LogP contribution in [-0.2, 0) is 15.7 Å². The highest BCUT2D eigenvalue weighted by Crippen LogP contribution is 2.34. The predicted molar refractivity (Wildman–Crippen MR) is 122 cm³/mol. The quantitative estimate of drug-likeness (QED) is 0.570. The number of piperidine rings is 1. The molecule has 184 valence electrons. The number of rotatable bonds is 5. The summed E-state index contributed by atoms with van der Waals surface area (Å²) in [4.78, 5) is 21.7. The highest BCUT2D eigenvalue weighted by atomic mass is 19.4. The van der Waals surface area contributed by atoms with Gasteiger partial charge in [0.05, 0.1) is 12.8 Å². The minimum absolute atomic E-state index is 0.00196. The van der Waals surface area contributed by atoms with Crippen molar-refractivity contribution in [1.82, 2.24) is 25.1 Å². The van der Waals surface area contributed by atoms with Crippen molar-refractivity contribution >= 4 is 23.2 Å². The van der Waals surface area contributed by atoms with Crippen molar-refractivity contribution in [3.63, 3.8) is 0 Å². The maximum absolute atomic E-state index is 13.7. The number of anilines is 3. The van der Waals surface area contributed by atoms with Gasteiger partial charge in [0.15, 0.2) is 5.82 Å². The third-order valence-electron chi connectivity index (χ3n) is 6.13. The second kappa shape index (κ2) is 9.62. The fraction of sp³-hybridized carbons (Fsp3) is 0.391. The fourth-order valence-corrected chi connectivity index (χ4v) is 4.27. The Bertz CT molecular complexity index is 1190. The van der Waals surface area contributed by atoms with E-state index in [1.165, 1.54) is 4.68 Å². The summed E-state index contributed by atoms with van der Waals surface area (Å²) in [6.45, 7) is 2.68. The summed E-state index contributed by atoms with van der Waals surface area (Å²) in [5, 5.41) is 10.4. The average molecular weight is 487 g/mol. The standard InChI is InChI=1S/C23H24F3N7O2/c24-23(25,26)19-12-28-22(30-17-1-3-18(4-2-17)32-9-10-35-14-20(32)34)31-21(19)33-13-16(11-29-33)15-5-7-27-8-6-15/h1-4,11-13,15,27H,5-10,14H2,(H,28,30,31). The van der Waals surface area contributed by atoms with Crippen LogP contribution in [0.3, 0.4) is 0 Å². The van der Waals surface area contributed by atoms with E-state index in [1.807, 2.05) is 0 Å². The number of nitrogens with zero attached hydrogens (tertiary/aromatic N) is 5. The number of carbonyl (C=O) groups is 1. The minimum atomic E-state index is -4.64. The van der Waals surface area contributed by atoms with Crippen LogP contribution >= 0.6 is 0 Å². The first-order valence-corrected chi connectivity index (χ1v) is 11.3. The number of halogens is 3. The molecule has 0 radical (unpaired) electrons. The molecule has 5 rings (SSSR count). The Hall–Kier alpha value is -3.51. The maximum Gasteiger partial charge on any atom is 0.421 e. The highest BCUT2D eigenvalue weighted by Gasteiger charge is 2.36. The molecule has 1 aromatic carbocycles. The van der Waals surface area contributed by atoms with E-state index in [0.29, 0.717) is 24.5 Å². The first-order valence-electron chi connectivity index (χ1n) is 11.3. The number of hydrogen-bond acceptors (Lipinski definition) is 7. The Labute approximate surface area is 199 Å². The van der Waals surface area contributed by atoms with E-state index < -0.39 is 11.7 Å². The Morgan fingerprint density at radius 2 is 1.89 bits per heavy atom. The summed E-state index contributed by atoms with van der Waals surface area (Å²) in [5.74, 6) is -0.223. The Morgan fingerprint density at radius 1 is 1.11 bits per heavy atom. The summed E-state index contributed by atoms with van der Waals surface area (Å²) < 4.78 is 47.5. The second-order valence-electron chi connectivity index (χ2n) is 8.44. The molecule has 2 fully saturated rings. The van der Waals surface area contributed by atoms with Crippen molar-refractivity contribution in [2.24, 2.45) is 0 Å². The first-order chi connectivity index (χ1) is 16.9. The molecule has 0 saturated carbocycles. The van der Waals surface area contributed by atoms with Gasteiger partial charge in [0.2, 0.25) is 5.95 Å². The van der Waals surface area contributed by atoms with Crippen molar-refractivity contribution in [1.29, 1.82) is 0 Å². The van der Waals surface area contributed by atoms with Gasteiger partial charge in [0, 0.05) is 30.3 Å². The van der Waals surface area contributed by atoms with E-state index in [-0.39, 0.29) is 30.2 Å². The fourth-order valence-electron chi connectivity index (χ4n) is 4.27. The lowest BCUT2D eigenvalue weighted by Gasteiger charge is -2.26. The molecule has 2 aliphatic rings. The lowest BCUT2D eigenvalue weighted by atomic mass is 9.93. The lowest BCUT2D eigenvalue weighted by Crippen LogP contribution is -2.41. The van der Waals surface area contributed by atoms with Gasteiger partial charge in [-0.25, -0.2) is 9.67 Å². The van der Waals surface area contributed by atoms with Crippen LogP contribution in [0.15, 0.2) is 42.9 Å². The molecule has 0 spiro atoms. The van der Waals surface area contributed by atoms with Gasteiger partial charge in [-0.05, 0) is 61.7 Å². The number of carbonyl (C=O) groups excluding carboxylic acids is 1. The summed E-state index contributed by atoms with van der Waals surface area (Å²) in [7, 11) is 0. The molecule has 0 aliphatic carbocycles. The summed E-state index contributed by atoms with van der Waals surface area (Å²) >= 11 is 0. The van der Waals surface area contributed by atoms with Crippen LogP contribution in [-0.4, -0.2) is 58.5 Å². The zero-order chi connectivity index (χ0) is 24.4. The van der Waals surface area contributed by atoms with E-state index in [1.54, 1.807) is 41.6 Å². The van der Waals surface area contributed by atoms with Crippen molar-refractivity contribution in [3.8, 4) is 5.82 Å². The van der Waals surface area contributed by atoms with E-state index in [4.69, 9.17) is 4.74 Å².